The summed E-state index contributed by atoms with van der Waals surface area (Å²) in [7, 11) is 0. The molecule has 1 aromatic carbocycles. The summed E-state index contributed by atoms with van der Waals surface area (Å²) < 4.78 is 43.3. The number of aliphatic hydroxyl groups is 1. The Labute approximate surface area is 205 Å². The molecule has 184 valence electrons. The fraction of sp³-hybridized carbons (Fsp3) is 0.222. The molecule has 3 aromatic heterocycles. The molecule has 0 bridgehead atoms. The van der Waals surface area contributed by atoms with Crippen LogP contribution < -0.4 is 5.73 Å². The van der Waals surface area contributed by atoms with Crippen LogP contribution in [0.3, 0.4) is 0 Å². The Bertz CT molecular complexity index is 1490. The van der Waals surface area contributed by atoms with Crippen LogP contribution in [0.1, 0.15) is 43.1 Å². The van der Waals surface area contributed by atoms with Crippen LogP contribution >= 0.6 is 0 Å². The second-order valence-electron chi connectivity index (χ2n) is 9.01. The van der Waals surface area contributed by atoms with Crippen LogP contribution in [-0.2, 0) is 11.2 Å². The molecular weight excluding hydrogens is 469 g/mol. The molecule has 4 rings (SSSR count). The van der Waals surface area contributed by atoms with Crippen LogP contribution in [0.2, 0.25) is 0 Å². The van der Waals surface area contributed by atoms with Crippen molar-refractivity contribution in [3.05, 3.63) is 83.2 Å². The normalized spacial score (nSPS) is 12.3. The molecule has 6 nitrogen and oxygen atoms in total. The topological polar surface area (TPSA) is 105 Å². The van der Waals surface area contributed by atoms with Gasteiger partial charge in [-0.15, -0.1) is 0 Å². The second kappa shape index (κ2) is 9.84. The quantitative estimate of drug-likeness (QED) is 0.348. The van der Waals surface area contributed by atoms with Gasteiger partial charge in [-0.1, -0.05) is 5.92 Å². The summed E-state index contributed by atoms with van der Waals surface area (Å²) in [6.07, 6.45) is 2.69. The minimum Gasteiger partial charge on any atom is -0.378 e. The molecular formula is C27H23F3N4O2. The number of nitrogens with zero attached hydrogens (tertiary/aromatic N) is 2. The monoisotopic (exact) mass is 492 g/mol. The van der Waals surface area contributed by atoms with Crippen molar-refractivity contribution in [3.63, 3.8) is 0 Å². The highest BCUT2D eigenvalue weighted by Gasteiger charge is 2.24. The number of amides is 1. The van der Waals surface area contributed by atoms with E-state index in [0.29, 0.717) is 11.2 Å². The maximum atomic E-state index is 15.5. The molecule has 4 aromatic rings. The van der Waals surface area contributed by atoms with E-state index in [2.05, 4.69) is 26.8 Å². The van der Waals surface area contributed by atoms with Gasteiger partial charge in [0.2, 0.25) is 5.91 Å². The van der Waals surface area contributed by atoms with Crippen LogP contribution in [0.5, 0.6) is 0 Å². The largest absolute Gasteiger partial charge is 0.378 e. The Morgan fingerprint density at radius 3 is 2.53 bits per heavy atom. The van der Waals surface area contributed by atoms with Gasteiger partial charge in [-0.25, -0.2) is 23.1 Å². The van der Waals surface area contributed by atoms with Crippen molar-refractivity contribution in [2.45, 2.75) is 38.2 Å². The van der Waals surface area contributed by atoms with Gasteiger partial charge in [0.1, 0.15) is 34.4 Å². The number of primary amides is 1. The molecule has 0 fully saturated rings. The number of pyridine rings is 2. The molecule has 1 amide bonds. The van der Waals surface area contributed by atoms with Gasteiger partial charge in [0, 0.05) is 41.9 Å². The molecule has 9 heteroatoms. The molecule has 0 saturated heterocycles. The van der Waals surface area contributed by atoms with E-state index in [4.69, 9.17) is 5.73 Å². The van der Waals surface area contributed by atoms with E-state index in [0.717, 1.165) is 18.2 Å². The number of carbonyl (C=O) groups excluding carboxylic acids is 1. The van der Waals surface area contributed by atoms with Gasteiger partial charge in [0.05, 0.1) is 11.1 Å². The molecule has 0 aliphatic heterocycles. The maximum absolute atomic E-state index is 15.5. The fourth-order valence-electron chi connectivity index (χ4n) is 3.99. The lowest BCUT2D eigenvalue weighted by Crippen LogP contribution is -2.19. The van der Waals surface area contributed by atoms with Gasteiger partial charge >= 0.3 is 0 Å². The van der Waals surface area contributed by atoms with E-state index in [-0.39, 0.29) is 40.7 Å². The average molecular weight is 493 g/mol. The predicted octanol–water partition coefficient (Wildman–Crippen LogP) is 4.37. The van der Waals surface area contributed by atoms with Crippen molar-refractivity contribution >= 4 is 16.9 Å². The van der Waals surface area contributed by atoms with Crippen molar-refractivity contribution in [1.82, 2.24) is 15.0 Å². The van der Waals surface area contributed by atoms with Gasteiger partial charge < -0.3 is 15.8 Å². The molecule has 0 aliphatic carbocycles. The molecule has 0 aliphatic rings. The fourth-order valence-corrected chi connectivity index (χ4v) is 3.99. The van der Waals surface area contributed by atoms with E-state index < -0.39 is 34.9 Å². The third kappa shape index (κ3) is 5.73. The number of carbonyl (C=O) groups is 1. The highest BCUT2D eigenvalue weighted by molar-refractivity contribution is 5.83. The first kappa shape index (κ1) is 24.9. The van der Waals surface area contributed by atoms with Gasteiger partial charge in [-0.3, -0.25) is 4.79 Å². The summed E-state index contributed by atoms with van der Waals surface area (Å²) in [5.41, 5.74) is 5.84. The highest BCUT2D eigenvalue weighted by atomic mass is 19.1. The zero-order valence-electron chi connectivity index (χ0n) is 19.6. The van der Waals surface area contributed by atoms with Crippen LogP contribution in [0.25, 0.3) is 22.2 Å². The Balaban J connectivity index is 1.91. The molecule has 0 unspecified atom stereocenters. The Morgan fingerprint density at radius 2 is 1.86 bits per heavy atom. The number of benzene rings is 1. The van der Waals surface area contributed by atoms with Crippen molar-refractivity contribution in [2.75, 3.05) is 0 Å². The predicted molar refractivity (Wildman–Crippen MR) is 129 cm³/mol. The van der Waals surface area contributed by atoms with Crippen molar-refractivity contribution in [3.8, 4) is 23.0 Å². The molecule has 36 heavy (non-hydrogen) atoms. The molecule has 0 saturated carbocycles. The summed E-state index contributed by atoms with van der Waals surface area (Å²) in [5, 5.41) is 10.2. The molecule has 4 N–H and O–H groups in total. The van der Waals surface area contributed by atoms with E-state index in [1.165, 1.54) is 20.0 Å². The highest BCUT2D eigenvalue weighted by Crippen LogP contribution is 2.35. The SMILES string of the molecule is CC(C)(O)C#Cc1ccc(-c2cnc3[nH]ccc3c2F)c([C@H](CC(N)=O)Cc2cc(F)cc(F)c2)n1. The van der Waals surface area contributed by atoms with Gasteiger partial charge in [-0.05, 0) is 62.1 Å². The number of nitrogens with one attached hydrogen (secondary N) is 1. The molecule has 0 spiro atoms. The van der Waals surface area contributed by atoms with Crippen LogP contribution in [-0.4, -0.2) is 31.6 Å². The summed E-state index contributed by atoms with van der Waals surface area (Å²) in [6.45, 7) is 3.02. The summed E-state index contributed by atoms with van der Waals surface area (Å²) >= 11 is 0. The number of nitrogens with two attached hydrogens (primary N) is 1. The van der Waals surface area contributed by atoms with E-state index >= 15 is 4.39 Å². The lowest BCUT2D eigenvalue weighted by Gasteiger charge is -2.20. The van der Waals surface area contributed by atoms with Gasteiger partial charge in [0.15, 0.2) is 0 Å². The van der Waals surface area contributed by atoms with Crippen molar-refractivity contribution in [1.29, 1.82) is 0 Å². The molecule has 3 heterocycles. The number of H-pyrrole nitrogens is 1. The van der Waals surface area contributed by atoms with Gasteiger partial charge in [0.25, 0.3) is 0 Å². The van der Waals surface area contributed by atoms with Crippen molar-refractivity contribution in [2.24, 2.45) is 5.73 Å². The average Bonchev–Trinajstić information content (AvgIpc) is 3.26. The van der Waals surface area contributed by atoms with Crippen molar-refractivity contribution < 1.29 is 23.1 Å². The molecule has 0 radical (unpaired) electrons. The van der Waals surface area contributed by atoms with Gasteiger partial charge in [-0.2, -0.15) is 0 Å². The molecule has 1 atom stereocenters. The van der Waals surface area contributed by atoms with E-state index in [9.17, 15) is 18.7 Å². The first-order valence-electron chi connectivity index (χ1n) is 11.1. The number of hydrogen-bond donors (Lipinski definition) is 3. The number of hydrogen-bond acceptors (Lipinski definition) is 4. The first-order valence-corrected chi connectivity index (χ1v) is 11.1. The van der Waals surface area contributed by atoms with Crippen LogP contribution in [0.4, 0.5) is 13.2 Å². The zero-order chi connectivity index (χ0) is 26.0. The third-order valence-electron chi connectivity index (χ3n) is 5.47. The number of halogens is 3. The Hall–Kier alpha value is -4.16. The van der Waals surface area contributed by atoms with Crippen LogP contribution in [0.15, 0.2) is 48.8 Å². The number of aromatic nitrogens is 3. The lowest BCUT2D eigenvalue weighted by atomic mass is 9.87. The Morgan fingerprint density at radius 1 is 1.14 bits per heavy atom. The van der Waals surface area contributed by atoms with E-state index in [1.54, 1.807) is 24.4 Å². The number of rotatable bonds is 6. The Kier molecular flexibility index (Phi) is 6.82. The number of aromatic amines is 1. The number of fused-ring (bicyclic) bond motifs is 1. The summed E-state index contributed by atoms with van der Waals surface area (Å²) in [6, 6.07) is 7.76. The lowest BCUT2D eigenvalue weighted by molar-refractivity contribution is -0.118. The maximum Gasteiger partial charge on any atom is 0.218 e. The van der Waals surface area contributed by atoms with E-state index in [1.807, 2.05) is 0 Å². The summed E-state index contributed by atoms with van der Waals surface area (Å²) in [4.78, 5) is 23.7. The minimum absolute atomic E-state index is 0.00143. The minimum atomic E-state index is -1.29. The second-order valence-corrected chi connectivity index (χ2v) is 9.01. The first-order chi connectivity index (χ1) is 17.0. The third-order valence-corrected chi connectivity index (χ3v) is 5.47. The standard InChI is InChI=1S/C27H23F3N4O2/c1-27(2,36)7-5-19-3-4-20(22-14-33-26-21(24(22)30)6-8-32-26)25(34-19)16(12-23(31)35)9-15-10-17(28)13-18(29)11-15/h3-4,6,8,10-11,13-14,16,36H,9,12H2,1-2H3,(H2,31,35)(H,32,33)/t16-/m0/s1. The summed E-state index contributed by atoms with van der Waals surface area (Å²) in [5.74, 6) is 1.92. The zero-order valence-corrected chi connectivity index (χ0v) is 19.6. The smallest absolute Gasteiger partial charge is 0.218 e. The van der Waals surface area contributed by atoms with Crippen LogP contribution in [0, 0.1) is 29.3 Å².